The number of aromatic hydroxyl groups is 2. The molecule has 0 fully saturated rings. The van der Waals surface area contributed by atoms with E-state index in [1.165, 1.54) is 38.5 Å². The molecule has 7 aromatic rings. The summed E-state index contributed by atoms with van der Waals surface area (Å²) >= 11 is 0. The number of hydrogen-bond acceptors (Lipinski definition) is 16. The molecule has 0 aliphatic rings. The van der Waals surface area contributed by atoms with Crippen molar-refractivity contribution >= 4 is 137 Å². The van der Waals surface area contributed by atoms with E-state index in [9.17, 15) is 33.1 Å². The van der Waals surface area contributed by atoms with Crippen LogP contribution in [-0.2, 0) is 10.1 Å². The first-order valence-corrected chi connectivity index (χ1v) is 18.3. The first kappa shape index (κ1) is 45.2. The number of phenols is 2. The molecular formula is C38H30N10Na2O9S. The Bertz CT molecular complexity index is 3020. The predicted molar refractivity (Wildman–Crippen MR) is 223 cm³/mol. The van der Waals surface area contributed by atoms with Crippen molar-refractivity contribution in [2.24, 2.45) is 30.7 Å². The second kappa shape index (κ2) is 18.6. The number of hydrogen-bond donors (Lipinski definition) is 6. The summed E-state index contributed by atoms with van der Waals surface area (Å²) < 4.78 is 46.8. The van der Waals surface area contributed by atoms with Crippen LogP contribution < -0.4 is 15.2 Å². The molecule has 1 heterocycles. The number of aromatic amines is 1. The fourth-order valence-corrected chi connectivity index (χ4v) is 6.57. The molecular weight excluding hydrogens is 819 g/mol. The molecule has 1 aromatic heterocycles. The molecule has 0 saturated carbocycles. The maximum Gasteiger partial charge on any atom is 0.339 e. The van der Waals surface area contributed by atoms with E-state index in [-0.39, 0.29) is 110 Å². The van der Waals surface area contributed by atoms with Crippen LogP contribution in [0.25, 0.3) is 32.9 Å². The Morgan fingerprint density at radius 1 is 0.733 bits per heavy atom. The third-order valence-electron chi connectivity index (χ3n) is 8.87. The van der Waals surface area contributed by atoms with Gasteiger partial charge in [-0.25, -0.2) is 4.79 Å². The first-order valence-electron chi connectivity index (χ1n) is 16.8. The quantitative estimate of drug-likeness (QED) is 0.0309. The van der Waals surface area contributed by atoms with Crippen molar-refractivity contribution in [1.29, 1.82) is 0 Å². The van der Waals surface area contributed by atoms with E-state index >= 15 is 0 Å². The van der Waals surface area contributed by atoms with Gasteiger partial charge in [0.25, 0.3) is 10.1 Å². The summed E-state index contributed by atoms with van der Waals surface area (Å²) in [7, 11) is -2.17. The Kier molecular flexibility index (Phi) is 14.0. The number of nitrogen functional groups attached to an aromatic ring is 1. The molecule has 0 amide bonds. The molecule has 19 nitrogen and oxygen atoms in total. The van der Waals surface area contributed by atoms with Crippen LogP contribution in [0.2, 0.25) is 0 Å². The van der Waals surface area contributed by atoms with Gasteiger partial charge in [0.05, 0.1) is 25.6 Å². The molecule has 7 N–H and O–H groups in total. The number of rotatable bonds is 11. The van der Waals surface area contributed by atoms with Crippen LogP contribution in [0.15, 0.2) is 121 Å². The monoisotopic (exact) mass is 848 g/mol. The molecule has 0 atom stereocenters. The number of carbonyl (C=O) groups is 1. The van der Waals surface area contributed by atoms with E-state index in [2.05, 4.69) is 46.1 Å². The Hall–Kier alpha value is -5.84. The number of aromatic nitrogens is 3. The molecule has 0 aliphatic carbocycles. The average Bonchev–Trinajstić information content (AvgIpc) is 3.69. The van der Waals surface area contributed by atoms with Gasteiger partial charge in [-0.15, -0.1) is 30.7 Å². The smallest absolute Gasteiger partial charge is 0.339 e. The van der Waals surface area contributed by atoms with Crippen LogP contribution in [-0.4, -0.2) is 123 Å². The normalized spacial score (nSPS) is 11.7. The summed E-state index contributed by atoms with van der Waals surface area (Å²) in [6.07, 6.45) is 0. The molecule has 0 saturated heterocycles. The minimum absolute atomic E-state index is 0. The minimum atomic E-state index is -5.01. The van der Waals surface area contributed by atoms with Crippen molar-refractivity contribution in [3.05, 3.63) is 96.1 Å². The van der Waals surface area contributed by atoms with Gasteiger partial charge in [-0.05, 0) is 90.3 Å². The zero-order valence-electron chi connectivity index (χ0n) is 32.5. The van der Waals surface area contributed by atoms with E-state index in [1.807, 2.05) is 0 Å². The van der Waals surface area contributed by atoms with Crippen LogP contribution in [0.5, 0.6) is 23.0 Å². The summed E-state index contributed by atoms with van der Waals surface area (Å²) in [5.41, 5.74) is 9.38. The number of H-pyrrole nitrogens is 1. The topological polar surface area (TPSA) is 292 Å². The Morgan fingerprint density at radius 2 is 1.33 bits per heavy atom. The van der Waals surface area contributed by atoms with Gasteiger partial charge in [-0.1, -0.05) is 23.4 Å². The van der Waals surface area contributed by atoms with Crippen molar-refractivity contribution in [2.75, 3.05) is 20.0 Å². The van der Waals surface area contributed by atoms with E-state index in [0.29, 0.717) is 44.8 Å². The van der Waals surface area contributed by atoms with Gasteiger partial charge >= 0.3 is 5.97 Å². The molecule has 7 rings (SSSR count). The standard InChI is InChI=1S/C38H30N10O9S.2Na/c1-18-13-30(49)23(38(51)52)16-29(18)43-40-25-11-7-19(14-31(25)56-2)20-8-12-26(32(15-20)57-3)41-46-36-33(58(53,54)55)17-22-21(37(36)50)9-10-24(39)34(22)45-42-27-5-4-6-28-35(27)47-48-44-28;;/h4-17,49-50H,39H2,1-3H3,(H,51,52)(H,44,47,48)(H,53,54,55);;. The number of fused-ring (bicyclic) bond motifs is 2. The Balaban J connectivity index is 0.00000341. The first-order chi connectivity index (χ1) is 27.8. The van der Waals surface area contributed by atoms with E-state index < -0.39 is 32.4 Å². The summed E-state index contributed by atoms with van der Waals surface area (Å²) in [5.74, 6) is -1.78. The van der Waals surface area contributed by atoms with Gasteiger partial charge in [0.1, 0.15) is 67.2 Å². The number of methoxy groups -OCH3 is 2. The van der Waals surface area contributed by atoms with Crippen LogP contribution >= 0.6 is 0 Å². The van der Waals surface area contributed by atoms with Crippen LogP contribution in [0.3, 0.4) is 0 Å². The van der Waals surface area contributed by atoms with E-state index in [1.54, 1.807) is 61.5 Å². The Morgan fingerprint density at radius 3 is 1.95 bits per heavy atom. The fourth-order valence-electron chi connectivity index (χ4n) is 5.92. The molecule has 0 unspecified atom stereocenters. The summed E-state index contributed by atoms with van der Waals surface area (Å²) in [5, 5.41) is 66.4. The number of carboxylic acids is 1. The molecule has 0 bridgehead atoms. The number of para-hydroxylation sites is 1. The van der Waals surface area contributed by atoms with Gasteiger partial charge in [-0.2, -0.15) is 13.5 Å². The number of ether oxygens (including phenoxy) is 2. The van der Waals surface area contributed by atoms with Gasteiger partial charge in [0.2, 0.25) is 0 Å². The molecule has 0 spiro atoms. The van der Waals surface area contributed by atoms with Crippen molar-refractivity contribution in [2.45, 2.75) is 11.8 Å². The average molecular weight is 849 g/mol. The predicted octanol–water partition coefficient (Wildman–Crippen LogP) is 8.53. The Labute approximate surface area is 384 Å². The van der Waals surface area contributed by atoms with Gasteiger partial charge in [0.15, 0.2) is 5.75 Å². The maximum atomic E-state index is 12.7. The number of carboxylic acid groups (broad SMARTS) is 1. The van der Waals surface area contributed by atoms with Gasteiger partial charge < -0.3 is 30.5 Å². The van der Waals surface area contributed by atoms with Crippen molar-refractivity contribution < 1.29 is 42.6 Å². The van der Waals surface area contributed by atoms with Crippen molar-refractivity contribution in [3.8, 4) is 34.1 Å². The van der Waals surface area contributed by atoms with Gasteiger partial charge in [0, 0.05) is 69.9 Å². The summed E-state index contributed by atoms with van der Waals surface area (Å²) in [6.45, 7) is 1.65. The fraction of sp³-hybridized carbons (Fsp3) is 0.0789. The molecule has 22 heteroatoms. The zero-order valence-corrected chi connectivity index (χ0v) is 37.3. The number of aryl methyl sites for hydroxylation is 1. The largest absolute Gasteiger partial charge is 0.507 e. The number of aromatic carboxylic acids is 1. The number of anilines is 1. The second-order valence-corrected chi connectivity index (χ2v) is 13.9. The molecule has 0 aliphatic heterocycles. The number of nitrogens with one attached hydrogen (secondary N) is 1. The van der Waals surface area contributed by atoms with Crippen molar-refractivity contribution in [1.82, 2.24) is 15.4 Å². The van der Waals surface area contributed by atoms with Gasteiger partial charge in [-0.3, -0.25) is 9.65 Å². The number of azo groups is 3. The van der Waals surface area contributed by atoms with Crippen LogP contribution in [0, 0.1) is 6.92 Å². The summed E-state index contributed by atoms with van der Waals surface area (Å²) in [6, 6.07) is 21.5. The van der Waals surface area contributed by atoms with E-state index in [0.717, 1.165) is 6.07 Å². The van der Waals surface area contributed by atoms with E-state index in [4.69, 9.17) is 15.2 Å². The third kappa shape index (κ3) is 9.15. The van der Waals surface area contributed by atoms with Crippen LogP contribution in [0.4, 0.5) is 39.8 Å². The van der Waals surface area contributed by atoms with Crippen molar-refractivity contribution in [3.63, 3.8) is 0 Å². The number of benzene rings is 6. The molecule has 60 heavy (non-hydrogen) atoms. The number of nitrogens with zero attached hydrogens (tertiary/aromatic N) is 8. The van der Waals surface area contributed by atoms with Crippen LogP contribution in [0.1, 0.15) is 15.9 Å². The molecule has 294 valence electrons. The SMILES string of the molecule is COc1cc(-c2ccc(N=Nc3c(S(=O)(=O)O)cc4c(N=Nc5cccc6nn[nH]c56)c(N)ccc4c3O)c(OC)c2)ccc1N=Nc1cc(C(=O)O)c(O)cc1C.[Na].[Na]. The second-order valence-electron chi connectivity index (χ2n) is 12.5. The zero-order chi connectivity index (χ0) is 41.3. The number of phenolic OH excluding ortho intramolecular Hbond substituents is 1. The summed E-state index contributed by atoms with van der Waals surface area (Å²) in [4.78, 5) is 10.7. The molecule has 2 radical (unpaired) electrons. The number of nitrogens with two attached hydrogens (primary N) is 1. The maximum absolute atomic E-state index is 12.7. The molecule has 6 aromatic carbocycles. The third-order valence-corrected chi connectivity index (χ3v) is 9.74. The minimum Gasteiger partial charge on any atom is -0.507 e.